The Kier molecular flexibility index (Phi) is 8.37. The quantitative estimate of drug-likeness (QED) is 0.244. The Hall–Kier alpha value is -2.25. The lowest BCUT2D eigenvalue weighted by atomic mass is 10.2. The molecule has 4 rings (SSSR count). The molecule has 0 saturated carbocycles. The lowest BCUT2D eigenvalue weighted by molar-refractivity contribution is -0.113. The number of amides is 2. The molecule has 4 aromatic rings. The molecule has 0 unspecified atom stereocenters. The molecule has 0 saturated heterocycles. The molecule has 0 atom stereocenters. The average molecular weight is 643 g/mol. The Labute approximate surface area is 224 Å². The van der Waals surface area contributed by atoms with Crippen LogP contribution in [0.5, 0.6) is 0 Å². The Morgan fingerprint density at radius 1 is 1.09 bits per heavy atom. The van der Waals surface area contributed by atoms with Crippen LogP contribution in [0, 0.1) is 0 Å². The third-order valence-electron chi connectivity index (χ3n) is 4.38. The van der Waals surface area contributed by atoms with Gasteiger partial charge in [-0.3, -0.25) is 14.2 Å². The lowest BCUT2D eigenvalue weighted by Crippen LogP contribution is -2.25. The van der Waals surface area contributed by atoms with Crippen molar-refractivity contribution in [2.45, 2.75) is 11.7 Å². The van der Waals surface area contributed by atoms with Gasteiger partial charge in [-0.1, -0.05) is 55.2 Å². The van der Waals surface area contributed by atoms with Gasteiger partial charge in [-0.2, -0.15) is 0 Å². The summed E-state index contributed by atoms with van der Waals surface area (Å²) in [6.07, 6.45) is 1.62. The van der Waals surface area contributed by atoms with Gasteiger partial charge < -0.3 is 10.6 Å². The third-order valence-corrected chi connectivity index (χ3v) is 7.35. The monoisotopic (exact) mass is 640 g/mol. The molecule has 0 radical (unpaired) electrons. The van der Waals surface area contributed by atoms with Crippen LogP contribution in [0.15, 0.2) is 68.1 Å². The van der Waals surface area contributed by atoms with Crippen molar-refractivity contribution in [3.05, 3.63) is 79.4 Å². The second-order valence-electron chi connectivity index (χ2n) is 6.69. The molecule has 2 aromatic carbocycles. The van der Waals surface area contributed by atoms with Crippen molar-refractivity contribution in [3.63, 3.8) is 0 Å². The normalized spacial score (nSPS) is 10.8. The zero-order valence-corrected chi connectivity index (χ0v) is 22.7. The zero-order chi connectivity index (χ0) is 24.1. The maximum absolute atomic E-state index is 12.7. The van der Waals surface area contributed by atoms with Gasteiger partial charge in [0.15, 0.2) is 16.1 Å². The number of benzene rings is 2. The Morgan fingerprint density at radius 2 is 1.85 bits per heavy atom. The first-order chi connectivity index (χ1) is 16.4. The highest BCUT2D eigenvalue weighted by molar-refractivity contribution is 9.10. The first kappa shape index (κ1) is 24.9. The van der Waals surface area contributed by atoms with Gasteiger partial charge >= 0.3 is 0 Å². The number of aromatic nitrogens is 4. The van der Waals surface area contributed by atoms with Gasteiger partial charge in [-0.05, 0) is 42.5 Å². The highest BCUT2D eigenvalue weighted by Gasteiger charge is 2.18. The minimum Gasteiger partial charge on any atom is -0.345 e. The summed E-state index contributed by atoms with van der Waals surface area (Å²) in [6.45, 7) is 0.108. The van der Waals surface area contributed by atoms with Crippen molar-refractivity contribution in [1.82, 2.24) is 25.1 Å². The van der Waals surface area contributed by atoms with Crippen LogP contribution < -0.4 is 10.6 Å². The van der Waals surface area contributed by atoms with Gasteiger partial charge in [0.25, 0.3) is 5.91 Å². The van der Waals surface area contributed by atoms with Crippen LogP contribution >= 0.6 is 66.6 Å². The molecule has 13 heteroatoms. The molecule has 0 bridgehead atoms. The molecule has 2 aromatic heterocycles. The second kappa shape index (κ2) is 11.5. The minimum absolute atomic E-state index is 0.108. The molecular weight excluding hydrogens is 628 g/mol. The van der Waals surface area contributed by atoms with E-state index in [-0.39, 0.29) is 24.1 Å². The fraction of sp³-hybridized carbons (Fsp3) is 0.0952. The van der Waals surface area contributed by atoms with E-state index in [0.717, 1.165) is 14.6 Å². The molecule has 34 heavy (non-hydrogen) atoms. The van der Waals surface area contributed by atoms with Crippen LogP contribution in [0.3, 0.4) is 0 Å². The van der Waals surface area contributed by atoms with E-state index in [1.807, 2.05) is 24.3 Å². The van der Waals surface area contributed by atoms with Crippen LogP contribution in [-0.2, 0) is 11.3 Å². The standard InChI is InChI=1S/C21H15Br2ClN6O2S2/c22-12-1-4-14(5-2-12)30-17(10-26-19(32)15-9-13(23)3-6-16(15)24)28-29-21(30)34-11-18(31)27-20-25-7-8-33-20/h1-9H,10-11H2,(H,26,32)(H,25,27,31). The number of nitrogens with one attached hydrogen (secondary N) is 2. The summed E-state index contributed by atoms with van der Waals surface area (Å²) in [4.78, 5) is 29.1. The summed E-state index contributed by atoms with van der Waals surface area (Å²) in [7, 11) is 0. The number of thioether (sulfide) groups is 1. The molecule has 0 aliphatic carbocycles. The van der Waals surface area contributed by atoms with Crippen LogP contribution in [-0.4, -0.2) is 37.3 Å². The molecule has 0 aliphatic heterocycles. The Morgan fingerprint density at radius 3 is 2.59 bits per heavy atom. The predicted molar refractivity (Wildman–Crippen MR) is 141 cm³/mol. The number of anilines is 1. The summed E-state index contributed by atoms with van der Waals surface area (Å²) in [6, 6.07) is 12.6. The fourth-order valence-corrected chi connectivity index (χ4v) is 5.00. The number of rotatable bonds is 8. The second-order valence-corrected chi connectivity index (χ2v) is 10.8. The molecule has 174 valence electrons. The number of carbonyl (C=O) groups is 2. The number of hydrogen-bond donors (Lipinski definition) is 2. The number of halogens is 3. The van der Waals surface area contributed by atoms with E-state index < -0.39 is 0 Å². The number of hydrogen-bond acceptors (Lipinski definition) is 7. The fourth-order valence-electron chi connectivity index (χ4n) is 2.85. The first-order valence-corrected chi connectivity index (χ1v) is 13.5. The lowest BCUT2D eigenvalue weighted by Gasteiger charge is -2.12. The molecule has 2 heterocycles. The molecule has 0 aliphatic rings. The van der Waals surface area contributed by atoms with E-state index in [0.29, 0.717) is 26.7 Å². The van der Waals surface area contributed by atoms with Crippen molar-refractivity contribution < 1.29 is 9.59 Å². The molecule has 2 amide bonds. The highest BCUT2D eigenvalue weighted by Crippen LogP contribution is 2.25. The molecule has 2 N–H and O–H groups in total. The van der Waals surface area contributed by atoms with Gasteiger partial charge in [0.2, 0.25) is 5.91 Å². The predicted octanol–water partition coefficient (Wildman–Crippen LogP) is 5.56. The van der Waals surface area contributed by atoms with Crippen LogP contribution in [0.2, 0.25) is 5.02 Å². The van der Waals surface area contributed by atoms with E-state index in [4.69, 9.17) is 11.6 Å². The number of thiazole rings is 1. The Bertz CT molecular complexity index is 1320. The summed E-state index contributed by atoms with van der Waals surface area (Å²) in [5, 5.41) is 17.3. The minimum atomic E-state index is -0.339. The van der Waals surface area contributed by atoms with E-state index in [1.165, 1.54) is 23.1 Å². The van der Waals surface area contributed by atoms with E-state index >= 15 is 0 Å². The smallest absolute Gasteiger partial charge is 0.253 e. The Balaban J connectivity index is 1.52. The van der Waals surface area contributed by atoms with Gasteiger partial charge in [0.1, 0.15) is 0 Å². The molecule has 8 nitrogen and oxygen atoms in total. The van der Waals surface area contributed by atoms with Gasteiger partial charge in [-0.25, -0.2) is 4.98 Å². The molecule has 0 fully saturated rings. The maximum Gasteiger partial charge on any atom is 0.253 e. The third kappa shape index (κ3) is 6.25. The topological polar surface area (TPSA) is 102 Å². The highest BCUT2D eigenvalue weighted by atomic mass is 79.9. The molecule has 0 spiro atoms. The van der Waals surface area contributed by atoms with Crippen LogP contribution in [0.4, 0.5) is 5.13 Å². The van der Waals surface area contributed by atoms with Gasteiger partial charge in [0, 0.05) is 26.2 Å². The van der Waals surface area contributed by atoms with E-state index in [1.54, 1.807) is 34.3 Å². The van der Waals surface area contributed by atoms with Crippen molar-refractivity contribution in [1.29, 1.82) is 0 Å². The number of nitrogens with zero attached hydrogens (tertiary/aromatic N) is 4. The van der Waals surface area contributed by atoms with Crippen molar-refractivity contribution in [3.8, 4) is 5.69 Å². The maximum atomic E-state index is 12.7. The van der Waals surface area contributed by atoms with Crippen LogP contribution in [0.1, 0.15) is 16.2 Å². The molecular formula is C21H15Br2ClN6O2S2. The van der Waals surface area contributed by atoms with Crippen molar-refractivity contribution >= 4 is 83.5 Å². The zero-order valence-electron chi connectivity index (χ0n) is 17.2. The summed E-state index contributed by atoms with van der Waals surface area (Å²) in [5.41, 5.74) is 1.14. The van der Waals surface area contributed by atoms with Crippen LogP contribution in [0.25, 0.3) is 5.69 Å². The first-order valence-electron chi connectivity index (χ1n) is 9.66. The van der Waals surface area contributed by atoms with E-state index in [2.05, 4.69) is 57.7 Å². The SMILES string of the molecule is O=C(CSc1nnc(CNC(=O)c2cc(Br)ccc2Cl)n1-c1ccc(Br)cc1)Nc1nccs1. The number of carbonyl (C=O) groups excluding carboxylic acids is 2. The van der Waals surface area contributed by atoms with Crippen molar-refractivity contribution in [2.75, 3.05) is 11.1 Å². The summed E-state index contributed by atoms with van der Waals surface area (Å²) < 4.78 is 3.46. The van der Waals surface area contributed by atoms with Gasteiger partial charge in [-0.15, -0.1) is 21.5 Å². The van der Waals surface area contributed by atoms with Gasteiger partial charge in [0.05, 0.1) is 22.9 Å². The van der Waals surface area contributed by atoms with E-state index in [9.17, 15) is 9.59 Å². The summed E-state index contributed by atoms with van der Waals surface area (Å²) in [5.74, 6) is 0.0802. The average Bonchev–Trinajstić information content (AvgIpc) is 3.48. The largest absolute Gasteiger partial charge is 0.345 e. The summed E-state index contributed by atoms with van der Waals surface area (Å²) >= 11 is 15.5. The van der Waals surface area contributed by atoms with Crippen molar-refractivity contribution in [2.24, 2.45) is 0 Å².